The average Bonchev–Trinajstić information content (AvgIpc) is 3.29. The standard InChI is InChI=1S/C16H22ClNO3S/c1-3-10-22(20,21)11(2)16(19)18-15(12-4-5-12)13-6-8-14(17)9-7-13/h6-9,11-12,15H,3-5,10H2,1-2H3,(H,18,19). The second-order valence-electron chi connectivity index (χ2n) is 5.88. The maximum atomic E-state index is 12.3. The largest absolute Gasteiger partial charge is 0.348 e. The summed E-state index contributed by atoms with van der Waals surface area (Å²) in [6, 6.07) is 7.21. The van der Waals surface area contributed by atoms with Crippen LogP contribution in [-0.4, -0.2) is 25.3 Å². The van der Waals surface area contributed by atoms with E-state index in [1.807, 2.05) is 12.1 Å². The number of nitrogens with one attached hydrogen (secondary N) is 1. The molecule has 4 nitrogen and oxygen atoms in total. The normalized spacial score (nSPS) is 17.8. The van der Waals surface area contributed by atoms with E-state index in [0.29, 0.717) is 17.4 Å². The number of rotatable bonds is 7. The van der Waals surface area contributed by atoms with Gasteiger partial charge in [0.05, 0.1) is 11.8 Å². The molecule has 0 aliphatic heterocycles. The molecule has 1 N–H and O–H groups in total. The van der Waals surface area contributed by atoms with E-state index in [1.54, 1.807) is 19.1 Å². The van der Waals surface area contributed by atoms with E-state index in [4.69, 9.17) is 11.6 Å². The average molecular weight is 344 g/mol. The van der Waals surface area contributed by atoms with Gasteiger partial charge in [0.1, 0.15) is 5.25 Å². The van der Waals surface area contributed by atoms with E-state index in [9.17, 15) is 13.2 Å². The lowest BCUT2D eigenvalue weighted by atomic mass is 10.0. The zero-order chi connectivity index (χ0) is 16.3. The van der Waals surface area contributed by atoms with Crippen LogP contribution in [0.1, 0.15) is 44.7 Å². The van der Waals surface area contributed by atoms with Gasteiger partial charge in [0.2, 0.25) is 5.91 Å². The maximum Gasteiger partial charge on any atom is 0.238 e. The van der Waals surface area contributed by atoms with Gasteiger partial charge in [-0.25, -0.2) is 8.42 Å². The Balaban J connectivity index is 2.11. The minimum absolute atomic E-state index is 0.0383. The Bertz CT molecular complexity index is 623. The summed E-state index contributed by atoms with van der Waals surface area (Å²) in [7, 11) is -3.38. The van der Waals surface area contributed by atoms with Gasteiger partial charge in [0.25, 0.3) is 0 Å². The van der Waals surface area contributed by atoms with E-state index in [-0.39, 0.29) is 11.8 Å². The molecule has 1 fully saturated rings. The second kappa shape index (κ2) is 7.01. The van der Waals surface area contributed by atoms with Crippen molar-refractivity contribution >= 4 is 27.3 Å². The summed E-state index contributed by atoms with van der Waals surface area (Å²) in [5.41, 5.74) is 0.973. The van der Waals surface area contributed by atoms with Crippen molar-refractivity contribution in [1.82, 2.24) is 5.32 Å². The molecule has 0 radical (unpaired) electrons. The molecule has 2 unspecified atom stereocenters. The van der Waals surface area contributed by atoms with Crippen LogP contribution in [0.5, 0.6) is 0 Å². The summed E-state index contributed by atoms with van der Waals surface area (Å²) in [4.78, 5) is 12.3. The molecule has 0 heterocycles. The summed E-state index contributed by atoms with van der Waals surface area (Å²) < 4.78 is 24.1. The lowest BCUT2D eigenvalue weighted by molar-refractivity contribution is -0.121. The van der Waals surface area contributed by atoms with Gasteiger partial charge in [0, 0.05) is 5.02 Å². The Morgan fingerprint density at radius 1 is 1.32 bits per heavy atom. The zero-order valence-corrected chi connectivity index (χ0v) is 14.5. The molecule has 0 aromatic heterocycles. The molecule has 1 aliphatic rings. The Morgan fingerprint density at radius 3 is 2.41 bits per heavy atom. The van der Waals surface area contributed by atoms with Crippen LogP contribution < -0.4 is 5.32 Å². The van der Waals surface area contributed by atoms with Crippen LogP contribution in [0.3, 0.4) is 0 Å². The van der Waals surface area contributed by atoms with Crippen LogP contribution in [0.25, 0.3) is 0 Å². The number of amides is 1. The number of hydrogen-bond acceptors (Lipinski definition) is 3. The highest BCUT2D eigenvalue weighted by Crippen LogP contribution is 2.41. The van der Waals surface area contributed by atoms with Crippen molar-refractivity contribution in [3.8, 4) is 0 Å². The Morgan fingerprint density at radius 2 is 1.91 bits per heavy atom. The van der Waals surface area contributed by atoms with Gasteiger partial charge in [-0.2, -0.15) is 0 Å². The highest BCUT2D eigenvalue weighted by atomic mass is 35.5. The highest BCUT2D eigenvalue weighted by Gasteiger charge is 2.36. The van der Waals surface area contributed by atoms with Gasteiger partial charge in [0.15, 0.2) is 9.84 Å². The number of sulfone groups is 1. The SMILES string of the molecule is CCCS(=O)(=O)C(C)C(=O)NC(c1ccc(Cl)cc1)C1CC1. The van der Waals surface area contributed by atoms with Crippen molar-refractivity contribution in [3.05, 3.63) is 34.9 Å². The van der Waals surface area contributed by atoms with Crippen LogP contribution in [0.2, 0.25) is 5.02 Å². The van der Waals surface area contributed by atoms with Crippen LogP contribution in [0.15, 0.2) is 24.3 Å². The van der Waals surface area contributed by atoms with E-state index in [0.717, 1.165) is 18.4 Å². The Kier molecular flexibility index (Phi) is 5.50. The summed E-state index contributed by atoms with van der Waals surface area (Å²) in [6.07, 6.45) is 2.61. The van der Waals surface area contributed by atoms with E-state index < -0.39 is 21.0 Å². The lowest BCUT2D eigenvalue weighted by Crippen LogP contribution is -2.41. The lowest BCUT2D eigenvalue weighted by Gasteiger charge is -2.21. The van der Waals surface area contributed by atoms with E-state index in [2.05, 4.69) is 5.32 Å². The quantitative estimate of drug-likeness (QED) is 0.827. The molecule has 122 valence electrons. The minimum Gasteiger partial charge on any atom is -0.348 e. The summed E-state index contributed by atoms with van der Waals surface area (Å²) in [5, 5.41) is 2.55. The summed E-state index contributed by atoms with van der Waals surface area (Å²) in [6.45, 7) is 3.26. The molecule has 1 aliphatic carbocycles. The first-order valence-corrected chi connectivity index (χ1v) is 9.72. The molecule has 1 amide bonds. The van der Waals surface area contributed by atoms with Crippen LogP contribution in [-0.2, 0) is 14.6 Å². The van der Waals surface area contributed by atoms with Crippen LogP contribution >= 0.6 is 11.6 Å². The fourth-order valence-electron chi connectivity index (χ4n) is 2.47. The zero-order valence-electron chi connectivity index (χ0n) is 12.9. The summed E-state index contributed by atoms with van der Waals surface area (Å²) >= 11 is 5.90. The predicted molar refractivity (Wildman–Crippen MR) is 88.6 cm³/mol. The molecule has 1 aromatic carbocycles. The molecule has 0 saturated heterocycles. The fourth-order valence-corrected chi connectivity index (χ4v) is 3.91. The van der Waals surface area contributed by atoms with Crippen molar-refractivity contribution in [3.63, 3.8) is 0 Å². The summed E-state index contributed by atoms with van der Waals surface area (Å²) in [5.74, 6) is 0.00268. The second-order valence-corrected chi connectivity index (χ2v) is 8.76. The third-order valence-electron chi connectivity index (χ3n) is 4.02. The predicted octanol–water partition coefficient (Wildman–Crippen LogP) is 3.12. The third kappa shape index (κ3) is 4.23. The van der Waals surface area contributed by atoms with Gasteiger partial charge in [-0.3, -0.25) is 4.79 Å². The molecular formula is C16H22ClNO3S. The van der Waals surface area contributed by atoms with Gasteiger partial charge >= 0.3 is 0 Å². The topological polar surface area (TPSA) is 63.2 Å². The number of benzene rings is 1. The molecule has 22 heavy (non-hydrogen) atoms. The van der Waals surface area contributed by atoms with E-state index in [1.165, 1.54) is 6.92 Å². The monoisotopic (exact) mass is 343 g/mol. The van der Waals surface area contributed by atoms with E-state index >= 15 is 0 Å². The highest BCUT2D eigenvalue weighted by molar-refractivity contribution is 7.92. The van der Waals surface area contributed by atoms with Crippen LogP contribution in [0.4, 0.5) is 0 Å². The molecule has 1 aromatic rings. The minimum atomic E-state index is -3.38. The van der Waals surface area contributed by atoms with Crippen molar-refractivity contribution in [2.45, 2.75) is 44.4 Å². The first kappa shape index (κ1) is 17.3. The first-order chi connectivity index (χ1) is 10.3. The Hall–Kier alpha value is -1.07. The molecule has 2 rings (SSSR count). The van der Waals surface area contributed by atoms with Crippen molar-refractivity contribution in [1.29, 1.82) is 0 Å². The molecule has 6 heteroatoms. The van der Waals surface area contributed by atoms with Crippen molar-refractivity contribution in [2.24, 2.45) is 5.92 Å². The molecule has 0 spiro atoms. The third-order valence-corrected chi connectivity index (χ3v) is 6.54. The van der Waals surface area contributed by atoms with Gasteiger partial charge in [-0.1, -0.05) is 30.7 Å². The smallest absolute Gasteiger partial charge is 0.238 e. The van der Waals surface area contributed by atoms with Gasteiger partial charge < -0.3 is 5.32 Å². The fraction of sp³-hybridized carbons (Fsp3) is 0.562. The molecule has 1 saturated carbocycles. The number of carbonyl (C=O) groups excluding carboxylic acids is 1. The number of hydrogen-bond donors (Lipinski definition) is 1. The van der Waals surface area contributed by atoms with Gasteiger partial charge in [-0.15, -0.1) is 0 Å². The first-order valence-electron chi connectivity index (χ1n) is 7.62. The molecule has 2 atom stereocenters. The van der Waals surface area contributed by atoms with Gasteiger partial charge in [-0.05, 0) is 49.8 Å². The number of halogens is 1. The molecular weight excluding hydrogens is 322 g/mol. The Labute approximate surface area is 137 Å². The van der Waals surface area contributed by atoms with Crippen molar-refractivity contribution < 1.29 is 13.2 Å². The van der Waals surface area contributed by atoms with Crippen molar-refractivity contribution in [2.75, 3.05) is 5.75 Å². The number of carbonyl (C=O) groups is 1. The maximum absolute atomic E-state index is 12.3. The molecule has 0 bridgehead atoms. The van der Waals surface area contributed by atoms with Crippen LogP contribution in [0, 0.1) is 5.92 Å².